The summed E-state index contributed by atoms with van der Waals surface area (Å²) in [6.45, 7) is 0. The van der Waals surface area contributed by atoms with Crippen molar-refractivity contribution in [3.05, 3.63) is 48.5 Å². The zero-order valence-electron chi connectivity index (χ0n) is 10.6. The average molecular weight is 283 g/mol. The van der Waals surface area contributed by atoms with Gasteiger partial charge in [0.2, 0.25) is 0 Å². The predicted molar refractivity (Wildman–Crippen MR) is 69.2 cm³/mol. The summed E-state index contributed by atoms with van der Waals surface area (Å²) in [5.41, 5.74) is 0.936. The Morgan fingerprint density at radius 2 is 1.25 bits per heavy atom. The largest absolute Gasteiger partial charge is 0.573 e. The Kier molecular flexibility index (Phi) is 4.02. The number of alkyl halides is 3. The zero-order valence-corrected chi connectivity index (χ0v) is 10.6. The van der Waals surface area contributed by atoms with Gasteiger partial charge in [0.25, 0.3) is 0 Å². The summed E-state index contributed by atoms with van der Waals surface area (Å²) in [6, 6.07) is 12.4. The lowest BCUT2D eigenvalue weighted by Crippen LogP contribution is -2.16. The van der Waals surface area contributed by atoms with Crippen molar-refractivity contribution >= 4 is 5.69 Å². The van der Waals surface area contributed by atoms with Gasteiger partial charge < -0.3 is 14.8 Å². The van der Waals surface area contributed by atoms with E-state index in [1.54, 1.807) is 19.2 Å². The van der Waals surface area contributed by atoms with E-state index in [-0.39, 0.29) is 5.75 Å². The standard InChI is InChI=1S/C14H12F3NO2/c1-18-10-2-4-11(5-3-10)19-12-6-8-13(9-7-12)20-14(15,16)17/h2-9,18H,1H3. The summed E-state index contributed by atoms with van der Waals surface area (Å²) in [4.78, 5) is 0. The molecule has 0 spiro atoms. The van der Waals surface area contributed by atoms with Gasteiger partial charge in [0.1, 0.15) is 17.2 Å². The van der Waals surface area contributed by atoms with Crippen molar-refractivity contribution in [2.24, 2.45) is 0 Å². The quantitative estimate of drug-likeness (QED) is 0.901. The minimum absolute atomic E-state index is 0.282. The highest BCUT2D eigenvalue weighted by molar-refractivity contribution is 5.46. The van der Waals surface area contributed by atoms with Gasteiger partial charge >= 0.3 is 6.36 Å². The van der Waals surface area contributed by atoms with Gasteiger partial charge in [-0.15, -0.1) is 13.2 Å². The minimum Gasteiger partial charge on any atom is -0.457 e. The summed E-state index contributed by atoms with van der Waals surface area (Å²) in [5, 5.41) is 2.97. The van der Waals surface area contributed by atoms with E-state index in [0.717, 1.165) is 5.69 Å². The van der Waals surface area contributed by atoms with Crippen LogP contribution >= 0.6 is 0 Å². The van der Waals surface area contributed by atoms with E-state index in [2.05, 4.69) is 10.1 Å². The molecule has 0 unspecified atom stereocenters. The van der Waals surface area contributed by atoms with Crippen molar-refractivity contribution in [3.8, 4) is 17.2 Å². The molecule has 2 aromatic carbocycles. The summed E-state index contributed by atoms with van der Waals surface area (Å²) in [6.07, 6.45) is -4.69. The van der Waals surface area contributed by atoms with E-state index in [0.29, 0.717) is 11.5 Å². The lowest BCUT2D eigenvalue weighted by molar-refractivity contribution is -0.274. The topological polar surface area (TPSA) is 30.5 Å². The second-order valence-electron chi connectivity index (χ2n) is 3.90. The van der Waals surface area contributed by atoms with E-state index in [9.17, 15) is 13.2 Å². The molecule has 0 radical (unpaired) electrons. The Balaban J connectivity index is 2.02. The maximum Gasteiger partial charge on any atom is 0.573 e. The lowest BCUT2D eigenvalue weighted by atomic mass is 10.3. The average Bonchev–Trinajstić information content (AvgIpc) is 2.40. The monoisotopic (exact) mass is 283 g/mol. The molecule has 0 atom stereocenters. The molecule has 106 valence electrons. The Bertz CT molecular complexity index is 550. The van der Waals surface area contributed by atoms with Crippen molar-refractivity contribution < 1.29 is 22.6 Å². The van der Waals surface area contributed by atoms with Crippen LogP contribution in [0.4, 0.5) is 18.9 Å². The Labute approximate surface area is 113 Å². The van der Waals surface area contributed by atoms with Gasteiger partial charge in [-0.1, -0.05) is 0 Å². The minimum atomic E-state index is -4.69. The highest BCUT2D eigenvalue weighted by Gasteiger charge is 2.30. The molecule has 6 heteroatoms. The summed E-state index contributed by atoms with van der Waals surface area (Å²) in [5.74, 6) is 0.737. The first-order valence-electron chi connectivity index (χ1n) is 5.78. The molecular formula is C14H12F3NO2. The molecule has 20 heavy (non-hydrogen) atoms. The number of ether oxygens (including phenoxy) is 2. The highest BCUT2D eigenvalue weighted by Crippen LogP contribution is 2.27. The van der Waals surface area contributed by atoms with Gasteiger partial charge in [0, 0.05) is 12.7 Å². The maximum atomic E-state index is 12.0. The van der Waals surface area contributed by atoms with E-state index >= 15 is 0 Å². The fourth-order valence-corrected chi connectivity index (χ4v) is 1.54. The van der Waals surface area contributed by atoms with Crippen LogP contribution in [0.1, 0.15) is 0 Å². The van der Waals surface area contributed by atoms with E-state index < -0.39 is 6.36 Å². The Morgan fingerprint density at radius 1 is 0.800 bits per heavy atom. The first-order chi connectivity index (χ1) is 9.46. The number of hydrogen-bond donors (Lipinski definition) is 1. The molecule has 2 aromatic rings. The lowest BCUT2D eigenvalue weighted by Gasteiger charge is -2.10. The highest BCUT2D eigenvalue weighted by atomic mass is 19.4. The summed E-state index contributed by atoms with van der Waals surface area (Å²) >= 11 is 0. The molecule has 0 aliphatic carbocycles. The third kappa shape index (κ3) is 4.08. The van der Waals surface area contributed by atoms with Crippen LogP contribution in [0.2, 0.25) is 0 Å². The SMILES string of the molecule is CNc1ccc(Oc2ccc(OC(F)(F)F)cc2)cc1. The molecule has 1 N–H and O–H groups in total. The number of nitrogens with one attached hydrogen (secondary N) is 1. The second-order valence-corrected chi connectivity index (χ2v) is 3.90. The predicted octanol–water partition coefficient (Wildman–Crippen LogP) is 4.42. The van der Waals surface area contributed by atoms with Gasteiger partial charge in [-0.2, -0.15) is 0 Å². The van der Waals surface area contributed by atoms with Gasteiger partial charge in [-0.3, -0.25) is 0 Å². The van der Waals surface area contributed by atoms with E-state index in [1.165, 1.54) is 24.3 Å². The van der Waals surface area contributed by atoms with Crippen molar-refractivity contribution in [2.75, 3.05) is 12.4 Å². The molecule has 0 aromatic heterocycles. The maximum absolute atomic E-state index is 12.0. The van der Waals surface area contributed by atoms with Crippen LogP contribution in [0.25, 0.3) is 0 Å². The first kappa shape index (κ1) is 14.0. The second kappa shape index (κ2) is 5.73. The molecule has 0 saturated carbocycles. The Hall–Kier alpha value is -2.37. The van der Waals surface area contributed by atoms with Crippen LogP contribution in [-0.2, 0) is 0 Å². The van der Waals surface area contributed by atoms with Crippen LogP contribution < -0.4 is 14.8 Å². The zero-order chi connectivity index (χ0) is 14.6. The third-order valence-electron chi connectivity index (χ3n) is 2.44. The van der Waals surface area contributed by atoms with Gasteiger partial charge in [0.15, 0.2) is 0 Å². The van der Waals surface area contributed by atoms with Crippen LogP contribution in [0, 0.1) is 0 Å². The molecule has 2 rings (SSSR count). The van der Waals surface area contributed by atoms with Crippen LogP contribution in [-0.4, -0.2) is 13.4 Å². The molecule has 0 fully saturated rings. The third-order valence-corrected chi connectivity index (χ3v) is 2.44. The smallest absolute Gasteiger partial charge is 0.457 e. The summed E-state index contributed by atoms with van der Waals surface area (Å²) < 4.78 is 45.3. The number of anilines is 1. The number of halogens is 3. The van der Waals surface area contributed by atoms with Crippen molar-refractivity contribution in [1.29, 1.82) is 0 Å². The van der Waals surface area contributed by atoms with Gasteiger partial charge in [-0.05, 0) is 48.5 Å². The van der Waals surface area contributed by atoms with Gasteiger partial charge in [0.05, 0.1) is 0 Å². The van der Waals surface area contributed by atoms with Crippen LogP contribution in [0.3, 0.4) is 0 Å². The first-order valence-corrected chi connectivity index (χ1v) is 5.78. The number of benzene rings is 2. The molecule has 3 nitrogen and oxygen atoms in total. The fraction of sp³-hybridized carbons (Fsp3) is 0.143. The van der Waals surface area contributed by atoms with E-state index in [4.69, 9.17) is 4.74 Å². The number of hydrogen-bond acceptors (Lipinski definition) is 3. The van der Waals surface area contributed by atoms with Crippen molar-refractivity contribution in [1.82, 2.24) is 0 Å². The van der Waals surface area contributed by atoms with Gasteiger partial charge in [-0.25, -0.2) is 0 Å². The molecule has 0 amide bonds. The molecular weight excluding hydrogens is 271 g/mol. The normalized spacial score (nSPS) is 11.0. The van der Waals surface area contributed by atoms with Crippen molar-refractivity contribution in [3.63, 3.8) is 0 Å². The molecule has 0 saturated heterocycles. The van der Waals surface area contributed by atoms with Crippen LogP contribution in [0.15, 0.2) is 48.5 Å². The molecule has 0 heterocycles. The van der Waals surface area contributed by atoms with Crippen LogP contribution in [0.5, 0.6) is 17.2 Å². The van der Waals surface area contributed by atoms with Crippen molar-refractivity contribution in [2.45, 2.75) is 6.36 Å². The summed E-state index contributed by atoms with van der Waals surface area (Å²) in [7, 11) is 1.80. The Morgan fingerprint density at radius 3 is 1.70 bits per heavy atom. The van der Waals surface area contributed by atoms with E-state index in [1.807, 2.05) is 12.1 Å². The number of rotatable bonds is 4. The molecule has 0 aliphatic heterocycles. The molecule has 0 aliphatic rings. The molecule has 0 bridgehead atoms. The fourth-order valence-electron chi connectivity index (χ4n) is 1.54.